The highest BCUT2D eigenvalue weighted by Gasteiger charge is 2.69. The highest BCUT2D eigenvalue weighted by Crippen LogP contribution is 2.70. The standard InChI is InChI=1S/C33H45F3O7/c1-16(2)12-26(43-30(39)33(34,35)36)29-17(3)28-25(42-29)14-24-22-9-8-20-13-21(40-18(4)37)10-11-31(20,6)23(22)15-27(32(24,28)7)41-19(5)38/h20-28H,1,8-15H2,2-7H3/t20-,21-,22+,23-,24-,25-,26+,27+,28-,31-,32+/m0/s1. The van der Waals surface area contributed by atoms with Crippen molar-refractivity contribution >= 4 is 17.9 Å². The van der Waals surface area contributed by atoms with Crippen molar-refractivity contribution in [3.05, 3.63) is 23.5 Å². The molecule has 0 spiro atoms. The minimum absolute atomic E-state index is 0.0141. The summed E-state index contributed by atoms with van der Waals surface area (Å²) in [5.41, 5.74) is 0.848. The summed E-state index contributed by atoms with van der Waals surface area (Å²) < 4.78 is 62.7. The lowest BCUT2D eigenvalue weighted by molar-refractivity contribution is -0.204. The fraction of sp³-hybridized carbons (Fsp3) is 0.788. The molecule has 0 saturated heterocycles. The largest absolute Gasteiger partial charge is 0.490 e. The van der Waals surface area contributed by atoms with Crippen molar-refractivity contribution in [1.29, 1.82) is 0 Å². The van der Waals surface area contributed by atoms with E-state index in [1.165, 1.54) is 13.8 Å². The number of carbonyl (C=O) groups is 3. The molecule has 4 fully saturated rings. The van der Waals surface area contributed by atoms with Gasteiger partial charge in [0.15, 0.2) is 6.10 Å². The lowest BCUT2D eigenvalue weighted by atomic mass is 9.44. The number of halogens is 3. The van der Waals surface area contributed by atoms with Gasteiger partial charge in [-0.1, -0.05) is 26.0 Å². The van der Waals surface area contributed by atoms with E-state index in [0.717, 1.165) is 37.7 Å². The van der Waals surface area contributed by atoms with Crippen molar-refractivity contribution in [3.8, 4) is 0 Å². The summed E-state index contributed by atoms with van der Waals surface area (Å²) in [4.78, 5) is 36.0. The maximum atomic E-state index is 13.2. The van der Waals surface area contributed by atoms with Crippen molar-refractivity contribution in [2.75, 3.05) is 0 Å². The van der Waals surface area contributed by atoms with E-state index in [1.807, 2.05) is 6.92 Å². The fourth-order valence-corrected chi connectivity index (χ4v) is 10.2. The average Bonchev–Trinajstić information content (AvgIpc) is 3.37. The Morgan fingerprint density at radius 1 is 1.00 bits per heavy atom. The van der Waals surface area contributed by atoms with Gasteiger partial charge in [-0.25, -0.2) is 4.79 Å². The fourth-order valence-electron chi connectivity index (χ4n) is 10.2. The number of alkyl halides is 3. The molecule has 4 saturated carbocycles. The zero-order valence-corrected chi connectivity index (χ0v) is 26.1. The second-order valence-corrected chi connectivity index (χ2v) is 14.3. The second-order valence-electron chi connectivity index (χ2n) is 14.3. The smallest absolute Gasteiger partial charge is 0.490 e. The SMILES string of the molecule is C=C(C)C[C@@H](OC(=O)C(F)(F)F)C1=C(C)[C@H]2[C@H](C[C@H]3[C@@H]4CC[C@H]5C[C@@H](OC(C)=O)CC[C@]5(C)[C@H]4C[C@@H](OC(C)=O)[C@@]32C)O1. The van der Waals surface area contributed by atoms with Crippen LogP contribution in [0, 0.1) is 40.4 Å². The van der Waals surface area contributed by atoms with Gasteiger partial charge in [0.1, 0.15) is 24.1 Å². The van der Waals surface area contributed by atoms with Crippen LogP contribution in [0.15, 0.2) is 23.5 Å². The van der Waals surface area contributed by atoms with Gasteiger partial charge in [0.05, 0.1) is 0 Å². The van der Waals surface area contributed by atoms with Crippen LogP contribution >= 0.6 is 0 Å². The van der Waals surface area contributed by atoms with Crippen LogP contribution in [-0.2, 0) is 33.3 Å². The highest BCUT2D eigenvalue weighted by molar-refractivity contribution is 5.76. The van der Waals surface area contributed by atoms with E-state index in [9.17, 15) is 27.6 Å². The Hall–Kier alpha value is -2.52. The maximum Gasteiger partial charge on any atom is 0.490 e. The van der Waals surface area contributed by atoms with Gasteiger partial charge in [0.25, 0.3) is 0 Å². The van der Waals surface area contributed by atoms with Gasteiger partial charge in [-0.05, 0) is 93.5 Å². The molecule has 0 aromatic rings. The molecule has 1 heterocycles. The first kappa shape index (κ1) is 31.9. The van der Waals surface area contributed by atoms with Gasteiger partial charge >= 0.3 is 24.1 Å². The lowest BCUT2D eigenvalue weighted by Crippen LogP contribution is -2.59. The molecule has 7 nitrogen and oxygen atoms in total. The van der Waals surface area contributed by atoms with Crippen LogP contribution in [0.5, 0.6) is 0 Å². The number of ether oxygens (including phenoxy) is 4. The van der Waals surface area contributed by atoms with Crippen LogP contribution in [0.25, 0.3) is 0 Å². The topological polar surface area (TPSA) is 88.1 Å². The van der Waals surface area contributed by atoms with Crippen molar-refractivity contribution in [3.63, 3.8) is 0 Å². The highest BCUT2D eigenvalue weighted by atomic mass is 19.4. The van der Waals surface area contributed by atoms with Crippen molar-refractivity contribution in [1.82, 2.24) is 0 Å². The zero-order valence-electron chi connectivity index (χ0n) is 26.1. The molecule has 5 rings (SSSR count). The van der Waals surface area contributed by atoms with E-state index in [2.05, 4.69) is 20.4 Å². The quantitative estimate of drug-likeness (QED) is 0.185. The van der Waals surface area contributed by atoms with E-state index in [4.69, 9.17) is 18.9 Å². The summed E-state index contributed by atoms with van der Waals surface area (Å²) in [7, 11) is 0. The van der Waals surface area contributed by atoms with E-state index in [-0.39, 0.29) is 53.6 Å². The van der Waals surface area contributed by atoms with Crippen LogP contribution in [-0.4, -0.2) is 48.5 Å². The molecule has 0 radical (unpaired) electrons. The summed E-state index contributed by atoms with van der Waals surface area (Å²) in [5, 5.41) is 0. The summed E-state index contributed by atoms with van der Waals surface area (Å²) in [6.07, 6.45) is -1.09. The minimum atomic E-state index is -5.13. The molecule has 0 unspecified atom stereocenters. The molecule has 0 bridgehead atoms. The number of esters is 3. The molecule has 4 aliphatic carbocycles. The Balaban J connectivity index is 1.47. The number of hydrogen-bond donors (Lipinski definition) is 0. The summed E-state index contributed by atoms with van der Waals surface area (Å²) in [5.74, 6) is -1.50. The van der Waals surface area contributed by atoms with Gasteiger partial charge in [-0.2, -0.15) is 13.2 Å². The van der Waals surface area contributed by atoms with Crippen LogP contribution in [0.2, 0.25) is 0 Å². The maximum absolute atomic E-state index is 13.2. The zero-order chi connectivity index (χ0) is 31.6. The normalized spacial score (nSPS) is 40.7. The van der Waals surface area contributed by atoms with E-state index < -0.39 is 29.8 Å². The van der Waals surface area contributed by atoms with Gasteiger partial charge in [-0.15, -0.1) is 0 Å². The summed E-state index contributed by atoms with van der Waals surface area (Å²) >= 11 is 0. The van der Waals surface area contributed by atoms with Crippen LogP contribution < -0.4 is 0 Å². The molecule has 10 heteroatoms. The van der Waals surface area contributed by atoms with Gasteiger partial charge < -0.3 is 18.9 Å². The third-order valence-electron chi connectivity index (χ3n) is 11.8. The minimum Gasteiger partial charge on any atom is -0.490 e. The molecule has 11 atom stereocenters. The van der Waals surface area contributed by atoms with E-state index in [1.54, 1.807) is 6.92 Å². The average molecular weight is 611 g/mol. The Kier molecular flexibility index (Phi) is 8.25. The molecule has 0 aromatic carbocycles. The molecule has 43 heavy (non-hydrogen) atoms. The predicted octanol–water partition coefficient (Wildman–Crippen LogP) is 6.84. The van der Waals surface area contributed by atoms with Crippen LogP contribution in [0.4, 0.5) is 13.2 Å². The third kappa shape index (κ3) is 5.49. The molecule has 5 aliphatic rings. The van der Waals surface area contributed by atoms with Crippen LogP contribution in [0.3, 0.4) is 0 Å². The number of fused-ring (bicyclic) bond motifs is 7. The molecule has 1 aliphatic heterocycles. The monoisotopic (exact) mass is 610 g/mol. The van der Waals surface area contributed by atoms with Gasteiger partial charge in [0.2, 0.25) is 0 Å². The molecule has 0 amide bonds. The molecule has 0 N–H and O–H groups in total. The van der Waals surface area contributed by atoms with Crippen molar-refractivity contribution < 1.29 is 46.5 Å². The molecular weight excluding hydrogens is 565 g/mol. The second kappa shape index (κ2) is 11.1. The van der Waals surface area contributed by atoms with Gasteiger partial charge in [0, 0.05) is 31.6 Å². The Morgan fingerprint density at radius 2 is 1.67 bits per heavy atom. The summed E-state index contributed by atoms with van der Waals surface area (Å²) in [6, 6.07) is 0. The van der Waals surface area contributed by atoms with Crippen LogP contribution in [0.1, 0.15) is 92.9 Å². The first-order chi connectivity index (χ1) is 20.0. The van der Waals surface area contributed by atoms with E-state index >= 15 is 0 Å². The molecular formula is C33H45F3O7. The molecule has 240 valence electrons. The Bertz CT molecular complexity index is 1210. The Labute approximate surface area is 251 Å². The molecule has 0 aromatic heterocycles. The number of rotatable bonds is 6. The number of carbonyl (C=O) groups excluding carboxylic acids is 3. The first-order valence-corrected chi connectivity index (χ1v) is 15.6. The van der Waals surface area contributed by atoms with Crippen molar-refractivity contribution in [2.45, 2.75) is 124 Å². The summed E-state index contributed by atoms with van der Waals surface area (Å²) in [6.45, 7) is 14.7. The Morgan fingerprint density at radius 3 is 2.28 bits per heavy atom. The first-order valence-electron chi connectivity index (χ1n) is 15.6. The number of hydrogen-bond acceptors (Lipinski definition) is 7. The van der Waals surface area contributed by atoms with E-state index in [0.29, 0.717) is 36.2 Å². The van der Waals surface area contributed by atoms with Gasteiger partial charge in [-0.3, -0.25) is 9.59 Å². The third-order valence-corrected chi connectivity index (χ3v) is 11.8. The predicted molar refractivity (Wildman–Crippen MR) is 150 cm³/mol. The lowest BCUT2D eigenvalue weighted by Gasteiger charge is -2.62. The van der Waals surface area contributed by atoms with Crippen molar-refractivity contribution in [2.24, 2.45) is 40.4 Å².